The maximum atomic E-state index is 12.1. The third-order valence-corrected chi connectivity index (χ3v) is 2.78. The Morgan fingerprint density at radius 1 is 1.44 bits per heavy atom. The first-order valence-electron chi connectivity index (χ1n) is 5.46. The summed E-state index contributed by atoms with van der Waals surface area (Å²) in [7, 11) is 1.28. The minimum Gasteiger partial charge on any atom is -0.465 e. The van der Waals surface area contributed by atoms with Gasteiger partial charge in [-0.05, 0) is 25.1 Å². The van der Waals surface area contributed by atoms with Gasteiger partial charge in [0.1, 0.15) is 0 Å². The van der Waals surface area contributed by atoms with Crippen molar-refractivity contribution in [3.63, 3.8) is 0 Å². The van der Waals surface area contributed by atoms with Gasteiger partial charge < -0.3 is 14.8 Å². The van der Waals surface area contributed by atoms with E-state index in [1.807, 2.05) is 0 Å². The Morgan fingerprint density at radius 3 is 2.78 bits per heavy atom. The molecule has 0 radical (unpaired) electrons. The maximum Gasteiger partial charge on any atom is 0.337 e. The van der Waals surface area contributed by atoms with Crippen molar-refractivity contribution in [3.05, 3.63) is 45.7 Å². The van der Waals surface area contributed by atoms with Crippen LogP contribution in [-0.4, -0.2) is 23.2 Å². The van der Waals surface area contributed by atoms with Crippen molar-refractivity contribution >= 4 is 16.9 Å². The quantitative estimate of drug-likeness (QED) is 0.785. The van der Waals surface area contributed by atoms with Gasteiger partial charge in [0.15, 0.2) is 5.43 Å². The van der Waals surface area contributed by atoms with Crippen LogP contribution < -0.4 is 5.43 Å². The van der Waals surface area contributed by atoms with E-state index in [1.165, 1.54) is 26.3 Å². The number of aromatic amines is 1. The van der Waals surface area contributed by atoms with Gasteiger partial charge in [-0.25, -0.2) is 4.79 Å². The van der Waals surface area contributed by atoms with Gasteiger partial charge in [-0.3, -0.25) is 4.79 Å². The van der Waals surface area contributed by atoms with Crippen LogP contribution in [0.15, 0.2) is 29.2 Å². The molecule has 0 aliphatic heterocycles. The molecule has 94 valence electrons. The number of H-pyrrole nitrogens is 1. The molecule has 1 unspecified atom stereocenters. The Kier molecular flexibility index (Phi) is 3.16. The second kappa shape index (κ2) is 4.62. The minimum atomic E-state index is -0.861. The van der Waals surface area contributed by atoms with Crippen LogP contribution in [0, 0.1) is 0 Å². The van der Waals surface area contributed by atoms with E-state index in [0.29, 0.717) is 16.5 Å². The fourth-order valence-corrected chi connectivity index (χ4v) is 1.79. The predicted octanol–water partition coefficient (Wildman–Crippen LogP) is 1.37. The highest BCUT2D eigenvalue weighted by molar-refractivity contribution is 5.94. The van der Waals surface area contributed by atoms with E-state index in [0.717, 1.165) is 0 Å². The standard InChI is InChI=1S/C13H13NO4/c1-7(15)10-6-14-11-4-3-8(13(17)18-2)5-9(11)12(10)16/h3-7,15H,1-2H3,(H,14,16). The van der Waals surface area contributed by atoms with E-state index in [9.17, 15) is 14.7 Å². The second-order valence-corrected chi connectivity index (χ2v) is 4.00. The predicted molar refractivity (Wildman–Crippen MR) is 66.5 cm³/mol. The summed E-state index contributed by atoms with van der Waals surface area (Å²) in [4.78, 5) is 26.4. The molecule has 0 aliphatic carbocycles. The van der Waals surface area contributed by atoms with Crippen LogP contribution in [0.1, 0.15) is 28.9 Å². The van der Waals surface area contributed by atoms with Gasteiger partial charge >= 0.3 is 5.97 Å². The van der Waals surface area contributed by atoms with Gasteiger partial charge in [-0.2, -0.15) is 0 Å². The number of carbonyl (C=O) groups is 1. The molecule has 1 aromatic carbocycles. The molecule has 0 aliphatic rings. The first kappa shape index (κ1) is 12.3. The van der Waals surface area contributed by atoms with E-state index >= 15 is 0 Å². The van der Waals surface area contributed by atoms with Gasteiger partial charge in [-0.15, -0.1) is 0 Å². The molecule has 18 heavy (non-hydrogen) atoms. The topological polar surface area (TPSA) is 79.4 Å². The molecule has 0 bridgehead atoms. The number of hydrogen-bond acceptors (Lipinski definition) is 4. The average molecular weight is 247 g/mol. The number of rotatable bonds is 2. The molecule has 2 aromatic rings. The van der Waals surface area contributed by atoms with E-state index < -0.39 is 12.1 Å². The number of pyridine rings is 1. The van der Waals surface area contributed by atoms with Gasteiger partial charge in [-0.1, -0.05) is 0 Å². The number of carbonyl (C=O) groups excluding carboxylic acids is 1. The first-order valence-corrected chi connectivity index (χ1v) is 5.46. The summed E-state index contributed by atoms with van der Waals surface area (Å²) < 4.78 is 4.60. The monoisotopic (exact) mass is 247 g/mol. The lowest BCUT2D eigenvalue weighted by atomic mass is 10.1. The average Bonchev–Trinajstić information content (AvgIpc) is 2.37. The largest absolute Gasteiger partial charge is 0.465 e. The summed E-state index contributed by atoms with van der Waals surface area (Å²) in [6.07, 6.45) is 0.618. The molecule has 0 amide bonds. The number of nitrogens with one attached hydrogen (secondary N) is 1. The number of fused-ring (bicyclic) bond motifs is 1. The molecule has 1 aromatic heterocycles. The molecule has 1 atom stereocenters. The number of aliphatic hydroxyl groups excluding tert-OH is 1. The molecule has 0 fully saturated rings. The van der Waals surface area contributed by atoms with E-state index in [2.05, 4.69) is 9.72 Å². The molecule has 5 heteroatoms. The zero-order valence-corrected chi connectivity index (χ0v) is 10.1. The second-order valence-electron chi connectivity index (χ2n) is 4.00. The third kappa shape index (κ3) is 2.00. The summed E-state index contributed by atoms with van der Waals surface area (Å²) in [5.41, 5.74) is 0.893. The Labute approximate surface area is 103 Å². The molecule has 0 saturated carbocycles. The Morgan fingerprint density at radius 2 is 2.17 bits per heavy atom. The Balaban J connectivity index is 2.71. The van der Waals surface area contributed by atoms with Crippen molar-refractivity contribution in [2.24, 2.45) is 0 Å². The summed E-state index contributed by atoms with van der Waals surface area (Å²) in [6, 6.07) is 4.67. The lowest BCUT2D eigenvalue weighted by molar-refractivity contribution is 0.0601. The van der Waals surface area contributed by atoms with Crippen molar-refractivity contribution in [2.45, 2.75) is 13.0 Å². The third-order valence-electron chi connectivity index (χ3n) is 2.78. The zero-order valence-electron chi connectivity index (χ0n) is 10.1. The molecule has 0 spiro atoms. The van der Waals surface area contributed by atoms with Gasteiger partial charge in [0.05, 0.1) is 18.8 Å². The molecular formula is C13H13NO4. The lowest BCUT2D eigenvalue weighted by Crippen LogP contribution is -2.13. The van der Waals surface area contributed by atoms with Crippen LogP contribution in [0.5, 0.6) is 0 Å². The molecule has 5 nitrogen and oxygen atoms in total. The minimum absolute atomic E-state index is 0.268. The van der Waals surface area contributed by atoms with Crippen molar-refractivity contribution in [1.29, 1.82) is 0 Å². The van der Waals surface area contributed by atoms with Crippen LogP contribution >= 0.6 is 0 Å². The smallest absolute Gasteiger partial charge is 0.337 e. The number of aromatic nitrogens is 1. The van der Waals surface area contributed by atoms with Crippen molar-refractivity contribution in [2.75, 3.05) is 7.11 Å². The lowest BCUT2D eigenvalue weighted by Gasteiger charge is -2.06. The molecular weight excluding hydrogens is 234 g/mol. The van der Waals surface area contributed by atoms with E-state index in [1.54, 1.807) is 12.1 Å². The van der Waals surface area contributed by atoms with Gasteiger partial charge in [0.2, 0.25) is 0 Å². The van der Waals surface area contributed by atoms with E-state index in [4.69, 9.17) is 0 Å². The number of aliphatic hydroxyl groups is 1. The normalized spacial score (nSPS) is 12.4. The highest BCUT2D eigenvalue weighted by atomic mass is 16.5. The van der Waals surface area contributed by atoms with Crippen molar-refractivity contribution < 1.29 is 14.6 Å². The SMILES string of the molecule is COC(=O)c1ccc2[nH]cc(C(C)O)c(=O)c2c1. The molecule has 0 saturated heterocycles. The van der Waals surface area contributed by atoms with Crippen LogP contribution in [-0.2, 0) is 4.74 Å². The summed E-state index contributed by atoms with van der Waals surface area (Å²) >= 11 is 0. The highest BCUT2D eigenvalue weighted by Gasteiger charge is 2.12. The molecule has 1 heterocycles. The fourth-order valence-electron chi connectivity index (χ4n) is 1.79. The number of esters is 1. The zero-order chi connectivity index (χ0) is 13.3. The van der Waals surface area contributed by atoms with Gasteiger partial charge in [0, 0.05) is 22.7 Å². The number of ether oxygens (including phenoxy) is 1. The van der Waals surface area contributed by atoms with Crippen molar-refractivity contribution in [3.8, 4) is 0 Å². The Bertz CT molecular complexity index is 658. The molecule has 2 rings (SSSR count). The van der Waals surface area contributed by atoms with Crippen LogP contribution in [0.25, 0.3) is 10.9 Å². The van der Waals surface area contributed by atoms with Gasteiger partial charge in [0.25, 0.3) is 0 Å². The summed E-state index contributed by atoms with van der Waals surface area (Å²) in [6.45, 7) is 1.51. The number of benzene rings is 1. The first-order chi connectivity index (χ1) is 8.54. The van der Waals surface area contributed by atoms with Crippen molar-refractivity contribution in [1.82, 2.24) is 4.98 Å². The van der Waals surface area contributed by atoms with Crippen LogP contribution in [0.3, 0.4) is 0 Å². The summed E-state index contributed by atoms with van der Waals surface area (Å²) in [5, 5.41) is 9.83. The van der Waals surface area contributed by atoms with E-state index in [-0.39, 0.29) is 11.0 Å². The van der Waals surface area contributed by atoms with Crippen LogP contribution in [0.4, 0.5) is 0 Å². The number of methoxy groups -OCH3 is 1. The van der Waals surface area contributed by atoms with Crippen LogP contribution in [0.2, 0.25) is 0 Å². The molecule has 2 N–H and O–H groups in total. The Hall–Kier alpha value is -2.14. The number of hydrogen-bond donors (Lipinski definition) is 2. The maximum absolute atomic E-state index is 12.1. The summed E-state index contributed by atoms with van der Waals surface area (Å²) in [5.74, 6) is -0.501. The highest BCUT2D eigenvalue weighted by Crippen LogP contribution is 2.14. The fraction of sp³-hybridized carbons (Fsp3) is 0.231.